The van der Waals surface area contributed by atoms with Crippen LogP contribution in [-0.4, -0.2) is 26.4 Å². The van der Waals surface area contributed by atoms with Crippen LogP contribution in [0.4, 0.5) is 11.4 Å². The predicted molar refractivity (Wildman–Crippen MR) is 79.3 cm³/mol. The average Bonchev–Trinajstić information content (AvgIpc) is 2.48. The third-order valence-corrected chi connectivity index (χ3v) is 4.18. The number of nitrogens with two attached hydrogens (primary N) is 1. The summed E-state index contributed by atoms with van der Waals surface area (Å²) in [5, 5.41) is 2.60. The SMILES string of the molecule is CNS(=O)(=O)c1ccc(NC(=O)c2ncccc2N)cc1. The summed E-state index contributed by atoms with van der Waals surface area (Å²) in [5.74, 6) is -0.461. The molecule has 1 aromatic carbocycles. The van der Waals surface area contributed by atoms with Crippen molar-refractivity contribution in [3.05, 3.63) is 48.3 Å². The standard InChI is InChI=1S/C13H14N4O3S/c1-15-21(19,20)10-6-4-9(5-7-10)17-13(18)12-11(14)3-2-8-16-12/h2-8,15H,14H2,1H3,(H,17,18). The Morgan fingerprint density at radius 1 is 1.19 bits per heavy atom. The molecule has 0 radical (unpaired) electrons. The molecule has 2 aromatic rings. The zero-order valence-electron chi connectivity index (χ0n) is 11.2. The number of pyridine rings is 1. The van der Waals surface area contributed by atoms with Crippen molar-refractivity contribution < 1.29 is 13.2 Å². The largest absolute Gasteiger partial charge is 0.397 e. The van der Waals surface area contributed by atoms with E-state index >= 15 is 0 Å². The number of rotatable bonds is 4. The highest BCUT2D eigenvalue weighted by atomic mass is 32.2. The van der Waals surface area contributed by atoms with Gasteiger partial charge in [0.15, 0.2) is 5.69 Å². The van der Waals surface area contributed by atoms with Gasteiger partial charge in [-0.05, 0) is 43.4 Å². The monoisotopic (exact) mass is 306 g/mol. The second kappa shape index (κ2) is 5.90. The van der Waals surface area contributed by atoms with Crippen LogP contribution >= 0.6 is 0 Å². The fraction of sp³-hybridized carbons (Fsp3) is 0.0769. The first-order chi connectivity index (χ1) is 9.94. The minimum atomic E-state index is -3.50. The molecule has 0 aliphatic heterocycles. The average molecular weight is 306 g/mol. The van der Waals surface area contributed by atoms with Crippen LogP contribution in [0.1, 0.15) is 10.5 Å². The van der Waals surface area contributed by atoms with E-state index in [0.717, 1.165) is 0 Å². The number of anilines is 2. The predicted octanol–water partition coefficient (Wildman–Crippen LogP) is 0.824. The van der Waals surface area contributed by atoms with E-state index in [2.05, 4.69) is 15.0 Å². The number of amides is 1. The number of nitrogen functional groups attached to an aromatic ring is 1. The highest BCUT2D eigenvalue weighted by Gasteiger charge is 2.13. The molecule has 21 heavy (non-hydrogen) atoms. The Bertz CT molecular complexity index is 757. The third kappa shape index (κ3) is 3.36. The quantitative estimate of drug-likeness (QED) is 0.774. The van der Waals surface area contributed by atoms with E-state index in [1.165, 1.54) is 37.5 Å². The van der Waals surface area contributed by atoms with Crippen molar-refractivity contribution in [2.75, 3.05) is 18.1 Å². The molecule has 0 bridgehead atoms. The van der Waals surface area contributed by atoms with Gasteiger partial charge in [-0.2, -0.15) is 0 Å². The summed E-state index contributed by atoms with van der Waals surface area (Å²) in [7, 11) is -2.17. The number of nitrogens with zero attached hydrogens (tertiary/aromatic N) is 1. The summed E-state index contributed by atoms with van der Waals surface area (Å²) in [6.45, 7) is 0. The van der Waals surface area contributed by atoms with Crippen molar-refractivity contribution >= 4 is 27.3 Å². The fourth-order valence-electron chi connectivity index (χ4n) is 1.63. The minimum Gasteiger partial charge on any atom is -0.397 e. The Balaban J connectivity index is 2.18. The molecule has 0 spiro atoms. The molecule has 8 heteroatoms. The summed E-state index contributed by atoms with van der Waals surface area (Å²) >= 11 is 0. The van der Waals surface area contributed by atoms with E-state index in [1.807, 2.05) is 0 Å². The van der Waals surface area contributed by atoms with Crippen molar-refractivity contribution in [2.45, 2.75) is 4.90 Å². The number of carbonyl (C=O) groups excluding carboxylic acids is 1. The molecule has 2 rings (SSSR count). The van der Waals surface area contributed by atoms with Gasteiger partial charge in [-0.1, -0.05) is 0 Å². The third-order valence-electron chi connectivity index (χ3n) is 2.75. The Labute approximate surface area is 122 Å². The maximum Gasteiger partial charge on any atom is 0.276 e. The van der Waals surface area contributed by atoms with Crippen molar-refractivity contribution in [3.8, 4) is 0 Å². The molecule has 0 aliphatic rings. The van der Waals surface area contributed by atoms with Crippen LogP contribution in [0.15, 0.2) is 47.5 Å². The van der Waals surface area contributed by atoms with Gasteiger partial charge in [0.05, 0.1) is 10.6 Å². The van der Waals surface area contributed by atoms with Crippen molar-refractivity contribution in [1.29, 1.82) is 0 Å². The fourth-order valence-corrected chi connectivity index (χ4v) is 2.36. The van der Waals surface area contributed by atoms with E-state index in [1.54, 1.807) is 12.1 Å². The van der Waals surface area contributed by atoms with Gasteiger partial charge in [-0.25, -0.2) is 18.1 Å². The number of hydrogen-bond acceptors (Lipinski definition) is 5. The van der Waals surface area contributed by atoms with Gasteiger partial charge >= 0.3 is 0 Å². The first-order valence-corrected chi connectivity index (χ1v) is 7.48. The van der Waals surface area contributed by atoms with Crippen LogP contribution in [0.2, 0.25) is 0 Å². The van der Waals surface area contributed by atoms with Crippen LogP contribution in [-0.2, 0) is 10.0 Å². The van der Waals surface area contributed by atoms with Gasteiger partial charge < -0.3 is 11.1 Å². The van der Waals surface area contributed by atoms with Crippen LogP contribution in [0, 0.1) is 0 Å². The Morgan fingerprint density at radius 2 is 1.86 bits per heavy atom. The number of aromatic nitrogens is 1. The van der Waals surface area contributed by atoms with Crippen LogP contribution in [0.3, 0.4) is 0 Å². The van der Waals surface area contributed by atoms with Gasteiger partial charge in [-0.3, -0.25) is 4.79 Å². The molecule has 0 fully saturated rings. The first kappa shape index (κ1) is 14.9. The van der Waals surface area contributed by atoms with Gasteiger partial charge in [0.2, 0.25) is 10.0 Å². The Hall–Kier alpha value is -2.45. The lowest BCUT2D eigenvalue weighted by atomic mass is 10.2. The van der Waals surface area contributed by atoms with Crippen molar-refractivity contribution in [2.24, 2.45) is 0 Å². The van der Waals surface area contributed by atoms with E-state index < -0.39 is 15.9 Å². The number of benzene rings is 1. The van der Waals surface area contributed by atoms with Crippen molar-refractivity contribution in [3.63, 3.8) is 0 Å². The Kier molecular flexibility index (Phi) is 4.20. The lowest BCUT2D eigenvalue weighted by Crippen LogP contribution is -2.19. The molecule has 110 valence electrons. The maximum absolute atomic E-state index is 12.0. The zero-order valence-corrected chi connectivity index (χ0v) is 12.0. The summed E-state index contributed by atoms with van der Waals surface area (Å²) in [4.78, 5) is 16.0. The summed E-state index contributed by atoms with van der Waals surface area (Å²) in [6.07, 6.45) is 1.47. The molecule has 0 saturated heterocycles. The molecule has 0 aliphatic carbocycles. The minimum absolute atomic E-state index is 0.111. The highest BCUT2D eigenvalue weighted by Crippen LogP contribution is 2.15. The topological polar surface area (TPSA) is 114 Å². The van der Waals surface area contributed by atoms with E-state index in [9.17, 15) is 13.2 Å². The van der Waals surface area contributed by atoms with Crippen molar-refractivity contribution in [1.82, 2.24) is 9.71 Å². The summed E-state index contributed by atoms with van der Waals surface area (Å²) in [5.41, 5.74) is 6.49. The number of sulfonamides is 1. The summed E-state index contributed by atoms with van der Waals surface area (Å²) in [6, 6.07) is 8.96. The van der Waals surface area contributed by atoms with E-state index in [-0.39, 0.29) is 16.3 Å². The molecule has 0 atom stereocenters. The molecule has 1 amide bonds. The van der Waals surface area contributed by atoms with Crippen LogP contribution in [0.25, 0.3) is 0 Å². The lowest BCUT2D eigenvalue weighted by Gasteiger charge is -2.07. The normalized spacial score (nSPS) is 11.1. The Morgan fingerprint density at radius 3 is 2.43 bits per heavy atom. The molecule has 0 saturated carbocycles. The molecule has 0 unspecified atom stereocenters. The molecular weight excluding hydrogens is 292 g/mol. The number of hydrogen-bond donors (Lipinski definition) is 3. The van der Waals surface area contributed by atoms with Gasteiger partial charge in [0, 0.05) is 11.9 Å². The van der Waals surface area contributed by atoms with E-state index in [0.29, 0.717) is 5.69 Å². The second-order valence-electron chi connectivity index (χ2n) is 4.13. The highest BCUT2D eigenvalue weighted by molar-refractivity contribution is 7.89. The number of carbonyl (C=O) groups is 1. The molecule has 1 heterocycles. The second-order valence-corrected chi connectivity index (χ2v) is 6.01. The van der Waals surface area contributed by atoms with Crippen LogP contribution < -0.4 is 15.8 Å². The smallest absolute Gasteiger partial charge is 0.276 e. The van der Waals surface area contributed by atoms with Gasteiger partial charge in [0.25, 0.3) is 5.91 Å². The molecular formula is C13H14N4O3S. The van der Waals surface area contributed by atoms with Crippen LogP contribution in [0.5, 0.6) is 0 Å². The summed E-state index contributed by atoms with van der Waals surface area (Å²) < 4.78 is 25.4. The van der Waals surface area contributed by atoms with Gasteiger partial charge in [0.1, 0.15) is 0 Å². The van der Waals surface area contributed by atoms with Gasteiger partial charge in [-0.15, -0.1) is 0 Å². The molecule has 1 aromatic heterocycles. The number of nitrogens with one attached hydrogen (secondary N) is 2. The first-order valence-electron chi connectivity index (χ1n) is 5.99. The van der Waals surface area contributed by atoms with E-state index in [4.69, 9.17) is 5.73 Å². The molecule has 7 nitrogen and oxygen atoms in total. The maximum atomic E-state index is 12.0. The molecule has 4 N–H and O–H groups in total. The lowest BCUT2D eigenvalue weighted by molar-refractivity contribution is 0.102. The zero-order chi connectivity index (χ0) is 15.5.